The van der Waals surface area contributed by atoms with E-state index in [2.05, 4.69) is 29.9 Å². The Bertz CT molecular complexity index is 2320. The van der Waals surface area contributed by atoms with E-state index >= 15 is 0 Å². The lowest BCUT2D eigenvalue weighted by molar-refractivity contribution is -0.132. The second-order valence-corrected chi connectivity index (χ2v) is 16.0. The maximum Gasteiger partial charge on any atom is 0.341 e. The summed E-state index contributed by atoms with van der Waals surface area (Å²) in [4.78, 5) is 57.5. The number of pyridine rings is 1. The number of aromatic nitrogens is 1. The molecule has 1 aromatic heterocycles. The number of allylic oxidation sites excluding steroid dienone is 1. The van der Waals surface area contributed by atoms with E-state index in [-0.39, 0.29) is 22.2 Å². The van der Waals surface area contributed by atoms with Crippen molar-refractivity contribution >= 4 is 30.4 Å². The number of benzene rings is 2. The van der Waals surface area contributed by atoms with Gasteiger partial charge in [-0.25, -0.2) is 14.4 Å². The van der Waals surface area contributed by atoms with Gasteiger partial charge in [0.25, 0.3) is 0 Å². The molecule has 0 amide bonds. The number of carbonyl (C=O) groups is 4. The number of nitrogens with zero attached hydrogens (tertiary/aromatic N) is 2. The highest BCUT2D eigenvalue weighted by atomic mass is 16.5. The maximum atomic E-state index is 12.4. The normalized spacial score (nSPS) is 16.8. The monoisotopic (exact) mass is 820 g/mol. The van der Waals surface area contributed by atoms with E-state index < -0.39 is 23.3 Å². The number of carboxylic acid groups (broad SMARTS) is 3. The van der Waals surface area contributed by atoms with Crippen LogP contribution in [0.3, 0.4) is 0 Å². The summed E-state index contributed by atoms with van der Waals surface area (Å²) in [6.07, 6.45) is 23.1. The van der Waals surface area contributed by atoms with Crippen LogP contribution in [-0.4, -0.2) is 82.0 Å². The summed E-state index contributed by atoms with van der Waals surface area (Å²) in [5, 5.41) is 28.5. The third-order valence-corrected chi connectivity index (χ3v) is 12.3. The van der Waals surface area contributed by atoms with Crippen LogP contribution in [0.5, 0.6) is 11.5 Å². The van der Waals surface area contributed by atoms with E-state index in [0.29, 0.717) is 61.7 Å². The number of carbonyl (C=O) groups excluding carboxylic acids is 1. The standard InChI is InChI=1S/C24H27NO3.C22H23NO7.CH2O/c1-3-5-6-12-28-22-14-19-15-24(10-7-11-24)25-16-18(23(26)27)8-9-21(25)20(19)13-17(22)4-2;1-29-6-3-7-30-19-8-13-11-22(4-2-5-22)23-12-16(21(27)28)18(24)10-17(23)14(13)9-15(19)20(25)26;1-2/h2,9,13-14,16H,3,5-8,10-12,15H2,1H3,(H,26,27);8-10,12H,2-7,11H2,1H3,(H,25,26)(H,27,28);1H2. The molecule has 316 valence electrons. The van der Waals surface area contributed by atoms with Crippen molar-refractivity contribution in [2.75, 3.05) is 26.9 Å². The Morgan fingerprint density at radius 3 is 2.03 bits per heavy atom. The van der Waals surface area contributed by atoms with Crippen molar-refractivity contribution in [1.29, 1.82) is 0 Å². The van der Waals surface area contributed by atoms with Crippen LogP contribution in [0.4, 0.5) is 0 Å². The first-order chi connectivity index (χ1) is 28.9. The molecule has 3 aromatic rings. The number of methoxy groups -OCH3 is 1. The van der Waals surface area contributed by atoms with Gasteiger partial charge in [-0.2, -0.15) is 0 Å². The number of rotatable bonds is 13. The highest BCUT2D eigenvalue weighted by molar-refractivity contribution is 5.94. The summed E-state index contributed by atoms with van der Waals surface area (Å²) >= 11 is 0. The molecule has 13 heteroatoms. The minimum Gasteiger partial charge on any atom is -0.493 e. The highest BCUT2D eigenvalue weighted by Gasteiger charge is 2.48. The number of terminal acetylenes is 1. The quantitative estimate of drug-likeness (QED) is 0.116. The molecule has 2 saturated carbocycles. The zero-order valence-electron chi connectivity index (χ0n) is 34.2. The fourth-order valence-electron chi connectivity index (χ4n) is 8.99. The number of fused-ring (bicyclic) bond motifs is 8. The molecule has 0 atom stereocenters. The Kier molecular flexibility index (Phi) is 13.3. The lowest BCUT2D eigenvalue weighted by Gasteiger charge is -2.55. The molecule has 0 bridgehead atoms. The number of aromatic carboxylic acids is 2. The topological polar surface area (TPSA) is 182 Å². The van der Waals surface area contributed by atoms with Gasteiger partial charge in [0.1, 0.15) is 29.4 Å². The van der Waals surface area contributed by atoms with Gasteiger partial charge in [-0.05, 0) is 93.2 Å². The van der Waals surface area contributed by atoms with Crippen LogP contribution in [0.2, 0.25) is 0 Å². The second kappa shape index (κ2) is 18.4. The van der Waals surface area contributed by atoms with Crippen LogP contribution in [0.15, 0.2) is 59.2 Å². The average Bonchev–Trinajstić information content (AvgIpc) is 3.21. The zero-order chi connectivity index (χ0) is 43.2. The Balaban J connectivity index is 0.000000194. The van der Waals surface area contributed by atoms with Crippen LogP contribution in [0, 0.1) is 12.3 Å². The van der Waals surface area contributed by atoms with Gasteiger partial charge in [0.15, 0.2) is 5.43 Å². The summed E-state index contributed by atoms with van der Waals surface area (Å²) in [7, 11) is 1.59. The number of aliphatic carboxylic acids is 1. The third kappa shape index (κ3) is 8.34. The minimum atomic E-state index is -1.26. The highest BCUT2D eigenvalue weighted by Crippen LogP contribution is 2.52. The Morgan fingerprint density at radius 2 is 1.43 bits per heavy atom. The van der Waals surface area contributed by atoms with Crippen molar-refractivity contribution in [3.63, 3.8) is 0 Å². The summed E-state index contributed by atoms with van der Waals surface area (Å²) in [5.41, 5.74) is 5.64. The van der Waals surface area contributed by atoms with E-state index in [1.54, 1.807) is 13.2 Å². The average molecular weight is 821 g/mol. The van der Waals surface area contributed by atoms with E-state index in [1.807, 2.05) is 23.6 Å². The van der Waals surface area contributed by atoms with Gasteiger partial charge in [0.2, 0.25) is 0 Å². The molecule has 0 radical (unpaired) electrons. The van der Waals surface area contributed by atoms with Gasteiger partial charge in [0, 0.05) is 72.9 Å². The number of hydrogen-bond donors (Lipinski definition) is 3. The Hall–Kier alpha value is -6.13. The molecule has 8 rings (SSSR count). The lowest BCUT2D eigenvalue weighted by atomic mass is 9.67. The minimum absolute atomic E-state index is 0.00288. The van der Waals surface area contributed by atoms with Crippen molar-refractivity contribution in [2.24, 2.45) is 0 Å². The Labute approximate surface area is 349 Å². The summed E-state index contributed by atoms with van der Waals surface area (Å²) < 4.78 is 18.7. The molecule has 60 heavy (non-hydrogen) atoms. The number of hydrogen-bond acceptors (Lipinski definition) is 9. The molecule has 3 N–H and O–H groups in total. The van der Waals surface area contributed by atoms with Crippen molar-refractivity contribution in [3.05, 3.63) is 98.0 Å². The van der Waals surface area contributed by atoms with Crippen molar-refractivity contribution in [3.8, 4) is 35.1 Å². The van der Waals surface area contributed by atoms with Gasteiger partial charge >= 0.3 is 17.9 Å². The summed E-state index contributed by atoms with van der Waals surface area (Å²) in [6, 6.07) is 8.77. The van der Waals surface area contributed by atoms with Gasteiger partial charge < -0.3 is 43.8 Å². The first-order valence-electron chi connectivity index (χ1n) is 20.5. The smallest absolute Gasteiger partial charge is 0.341 e. The molecule has 4 heterocycles. The summed E-state index contributed by atoms with van der Waals surface area (Å²) in [6.45, 7) is 5.71. The molecule has 0 unspecified atom stereocenters. The molecule has 5 aliphatic rings. The fourth-order valence-corrected chi connectivity index (χ4v) is 8.99. The first kappa shape index (κ1) is 43.4. The summed E-state index contributed by atoms with van der Waals surface area (Å²) in [5.74, 6) is 0.653. The van der Waals surface area contributed by atoms with Crippen LogP contribution in [0.1, 0.15) is 121 Å². The molecular weight excluding hydrogens is 769 g/mol. The second-order valence-electron chi connectivity index (χ2n) is 16.0. The van der Waals surface area contributed by atoms with Crippen LogP contribution >= 0.6 is 0 Å². The predicted molar refractivity (Wildman–Crippen MR) is 225 cm³/mol. The molecule has 2 aliphatic carbocycles. The van der Waals surface area contributed by atoms with Gasteiger partial charge in [-0.3, -0.25) is 4.79 Å². The van der Waals surface area contributed by atoms with Crippen molar-refractivity contribution in [2.45, 2.75) is 101 Å². The molecule has 3 aliphatic heterocycles. The molecule has 2 spiro atoms. The van der Waals surface area contributed by atoms with E-state index in [1.165, 1.54) is 30.3 Å². The molecule has 0 saturated heterocycles. The lowest BCUT2D eigenvalue weighted by Crippen LogP contribution is -2.55. The third-order valence-electron chi connectivity index (χ3n) is 12.3. The number of unbranched alkanes of at least 4 members (excludes halogenated alkanes) is 2. The zero-order valence-corrected chi connectivity index (χ0v) is 34.2. The largest absolute Gasteiger partial charge is 0.493 e. The van der Waals surface area contributed by atoms with Crippen molar-refractivity contribution in [1.82, 2.24) is 9.47 Å². The number of carboxylic acids is 3. The number of ether oxygens (including phenoxy) is 3. The SMILES string of the molecule is C#Cc1cc2c(cc1OCCCCC)CC1(CCC1)N1C=C(C(=O)O)CC=C21.C=O.COCCCOc1cc2c(cc1C(=O)O)-c1cc(=O)c(C(=O)O)cn1C1(CCC1)C2. The van der Waals surface area contributed by atoms with E-state index in [4.69, 9.17) is 25.4 Å². The fraction of sp³-hybridized carbons (Fsp3) is 0.426. The predicted octanol–water partition coefficient (Wildman–Crippen LogP) is 7.31. The molecule has 2 aromatic carbocycles. The molecule has 13 nitrogen and oxygen atoms in total. The first-order valence-corrected chi connectivity index (χ1v) is 20.5. The van der Waals surface area contributed by atoms with E-state index in [0.717, 1.165) is 85.9 Å². The molecule has 2 fully saturated rings. The van der Waals surface area contributed by atoms with Gasteiger partial charge in [-0.1, -0.05) is 31.8 Å². The van der Waals surface area contributed by atoms with Gasteiger partial charge in [0.05, 0.1) is 30.0 Å². The van der Waals surface area contributed by atoms with Crippen LogP contribution in [0.25, 0.3) is 17.0 Å². The van der Waals surface area contributed by atoms with Crippen LogP contribution in [-0.2, 0) is 32.7 Å². The Morgan fingerprint density at radius 1 is 0.800 bits per heavy atom. The van der Waals surface area contributed by atoms with Crippen molar-refractivity contribution < 1.29 is 48.7 Å². The maximum absolute atomic E-state index is 12.4. The van der Waals surface area contributed by atoms with Crippen LogP contribution < -0.4 is 14.9 Å². The van der Waals surface area contributed by atoms with Gasteiger partial charge in [-0.15, -0.1) is 6.42 Å². The van der Waals surface area contributed by atoms with E-state index in [9.17, 15) is 34.5 Å². The molecular formula is C47H52N2O11.